The van der Waals surface area contributed by atoms with Crippen LogP contribution in [0.15, 0.2) is 24.3 Å². The Hall–Kier alpha value is -1.13. The molecular weight excluding hydrogens is 221 g/mol. The smallest absolute Gasteiger partial charge is 0.165 e. The van der Waals surface area contributed by atoms with Crippen molar-refractivity contribution in [3.8, 4) is 5.75 Å². The molecule has 1 aliphatic carbocycles. The second-order valence-corrected chi connectivity index (χ2v) is 4.60. The normalized spacial score (nSPS) is 28.3. The zero-order chi connectivity index (χ0) is 12.3. The zero-order valence-corrected chi connectivity index (χ0v) is 9.95. The van der Waals surface area contributed by atoms with Crippen LogP contribution in [0.4, 0.5) is 4.39 Å². The summed E-state index contributed by atoms with van der Waals surface area (Å²) in [7, 11) is 1.84. The average molecular weight is 239 g/mol. The van der Waals surface area contributed by atoms with Gasteiger partial charge in [-0.3, -0.25) is 0 Å². The summed E-state index contributed by atoms with van der Waals surface area (Å²) in [5.74, 6) is -0.0409. The van der Waals surface area contributed by atoms with E-state index in [-0.39, 0.29) is 24.1 Å². The monoisotopic (exact) mass is 239 g/mol. The summed E-state index contributed by atoms with van der Waals surface area (Å²) >= 11 is 0. The van der Waals surface area contributed by atoms with Crippen molar-refractivity contribution in [2.45, 2.75) is 30.9 Å². The molecule has 0 radical (unpaired) electrons. The molecule has 1 aromatic carbocycles. The van der Waals surface area contributed by atoms with Gasteiger partial charge < -0.3 is 15.2 Å². The van der Waals surface area contributed by atoms with Crippen LogP contribution in [-0.4, -0.2) is 30.4 Å². The van der Waals surface area contributed by atoms with E-state index < -0.39 is 0 Å². The van der Waals surface area contributed by atoms with E-state index in [9.17, 15) is 9.50 Å². The lowest BCUT2D eigenvalue weighted by atomic mass is 9.99. The molecule has 0 aliphatic heterocycles. The van der Waals surface area contributed by atoms with Crippen LogP contribution in [0, 0.1) is 5.82 Å². The summed E-state index contributed by atoms with van der Waals surface area (Å²) in [6.45, 7) is 0.0840. The summed E-state index contributed by atoms with van der Waals surface area (Å²) in [6, 6.07) is 6.42. The Labute approximate surface area is 101 Å². The van der Waals surface area contributed by atoms with Crippen LogP contribution in [0.2, 0.25) is 0 Å². The molecular formula is C13H18FNO2. The van der Waals surface area contributed by atoms with Crippen LogP contribution >= 0.6 is 0 Å². The molecule has 2 N–H and O–H groups in total. The Bertz CT molecular complexity index is 379. The maximum atomic E-state index is 13.4. The first-order valence-corrected chi connectivity index (χ1v) is 5.90. The fourth-order valence-electron chi connectivity index (χ4n) is 2.35. The van der Waals surface area contributed by atoms with Gasteiger partial charge in [0.2, 0.25) is 0 Å². The first kappa shape index (κ1) is 12.3. The molecule has 1 saturated carbocycles. The third-order valence-corrected chi connectivity index (χ3v) is 3.53. The van der Waals surface area contributed by atoms with E-state index in [4.69, 9.17) is 4.74 Å². The molecule has 0 aromatic heterocycles. The van der Waals surface area contributed by atoms with Gasteiger partial charge in [-0.1, -0.05) is 12.1 Å². The van der Waals surface area contributed by atoms with Crippen molar-refractivity contribution in [1.82, 2.24) is 5.32 Å². The van der Waals surface area contributed by atoms with E-state index in [0.717, 1.165) is 12.8 Å². The van der Waals surface area contributed by atoms with Crippen LogP contribution in [0.25, 0.3) is 0 Å². The number of benzene rings is 1. The van der Waals surface area contributed by atoms with Crippen molar-refractivity contribution >= 4 is 0 Å². The van der Waals surface area contributed by atoms with E-state index >= 15 is 0 Å². The molecule has 1 aliphatic rings. The Kier molecular flexibility index (Phi) is 3.64. The van der Waals surface area contributed by atoms with E-state index in [1.807, 2.05) is 7.05 Å². The first-order valence-electron chi connectivity index (χ1n) is 5.90. The number of hydrogen-bond donors (Lipinski definition) is 2. The SMILES string of the molecule is CNC1(CO)CCC(Oc2ccccc2F)C1. The third-order valence-electron chi connectivity index (χ3n) is 3.53. The lowest BCUT2D eigenvalue weighted by molar-refractivity contribution is 0.144. The summed E-state index contributed by atoms with van der Waals surface area (Å²) < 4.78 is 19.0. The topological polar surface area (TPSA) is 41.5 Å². The van der Waals surface area contributed by atoms with Crippen LogP contribution in [0.1, 0.15) is 19.3 Å². The molecule has 0 saturated heterocycles. The molecule has 2 unspecified atom stereocenters. The third kappa shape index (κ3) is 2.58. The number of hydrogen-bond acceptors (Lipinski definition) is 3. The molecule has 1 fully saturated rings. The largest absolute Gasteiger partial charge is 0.487 e. The fraction of sp³-hybridized carbons (Fsp3) is 0.538. The summed E-state index contributed by atoms with van der Waals surface area (Å²) in [5.41, 5.74) is -0.268. The van der Waals surface area contributed by atoms with Crippen molar-refractivity contribution in [2.75, 3.05) is 13.7 Å². The van der Waals surface area contributed by atoms with Gasteiger partial charge in [-0.05, 0) is 32.0 Å². The minimum atomic E-state index is -0.335. The number of para-hydroxylation sites is 1. The maximum Gasteiger partial charge on any atom is 0.165 e. The summed E-state index contributed by atoms with van der Waals surface area (Å²) in [5, 5.41) is 12.5. The highest BCUT2D eigenvalue weighted by molar-refractivity contribution is 5.24. The predicted octanol–water partition coefficient (Wildman–Crippen LogP) is 1.71. The molecule has 1 aromatic rings. The van der Waals surface area contributed by atoms with Gasteiger partial charge in [0.25, 0.3) is 0 Å². The van der Waals surface area contributed by atoms with Crippen molar-refractivity contribution in [1.29, 1.82) is 0 Å². The van der Waals surface area contributed by atoms with Crippen LogP contribution in [0.3, 0.4) is 0 Å². The van der Waals surface area contributed by atoms with Gasteiger partial charge in [-0.25, -0.2) is 4.39 Å². The Balaban J connectivity index is 2.01. The van der Waals surface area contributed by atoms with Crippen LogP contribution in [-0.2, 0) is 0 Å². The first-order chi connectivity index (χ1) is 8.19. The minimum Gasteiger partial charge on any atom is -0.487 e. The number of nitrogens with one attached hydrogen (secondary N) is 1. The van der Waals surface area contributed by atoms with Crippen molar-refractivity contribution in [2.24, 2.45) is 0 Å². The van der Waals surface area contributed by atoms with E-state index in [1.54, 1.807) is 18.2 Å². The Morgan fingerprint density at radius 2 is 2.29 bits per heavy atom. The van der Waals surface area contributed by atoms with Crippen molar-refractivity contribution < 1.29 is 14.2 Å². The van der Waals surface area contributed by atoms with Crippen molar-refractivity contribution in [3.63, 3.8) is 0 Å². The Morgan fingerprint density at radius 1 is 1.53 bits per heavy atom. The van der Waals surface area contributed by atoms with Gasteiger partial charge in [0, 0.05) is 12.0 Å². The molecule has 0 bridgehead atoms. The van der Waals surface area contributed by atoms with Gasteiger partial charge in [0.15, 0.2) is 11.6 Å². The highest BCUT2D eigenvalue weighted by Crippen LogP contribution is 2.32. The summed E-state index contributed by atoms with van der Waals surface area (Å²) in [6.07, 6.45) is 2.34. The Morgan fingerprint density at radius 3 is 2.88 bits per heavy atom. The summed E-state index contributed by atoms with van der Waals surface area (Å²) in [4.78, 5) is 0. The molecule has 17 heavy (non-hydrogen) atoms. The lowest BCUT2D eigenvalue weighted by Gasteiger charge is -2.26. The van der Waals surface area contributed by atoms with E-state index in [2.05, 4.69) is 5.32 Å². The van der Waals surface area contributed by atoms with Gasteiger partial charge >= 0.3 is 0 Å². The quantitative estimate of drug-likeness (QED) is 0.840. The van der Waals surface area contributed by atoms with E-state index in [1.165, 1.54) is 6.07 Å². The molecule has 4 heteroatoms. The number of halogens is 1. The average Bonchev–Trinajstić information content (AvgIpc) is 2.76. The van der Waals surface area contributed by atoms with Gasteiger partial charge in [-0.15, -0.1) is 0 Å². The van der Waals surface area contributed by atoms with Gasteiger partial charge in [-0.2, -0.15) is 0 Å². The molecule has 2 atom stereocenters. The second-order valence-electron chi connectivity index (χ2n) is 4.60. The lowest BCUT2D eigenvalue weighted by Crippen LogP contribution is -2.44. The highest BCUT2D eigenvalue weighted by atomic mass is 19.1. The molecule has 94 valence electrons. The van der Waals surface area contributed by atoms with Crippen LogP contribution < -0.4 is 10.1 Å². The van der Waals surface area contributed by atoms with Gasteiger partial charge in [0.1, 0.15) is 6.10 Å². The predicted molar refractivity (Wildman–Crippen MR) is 63.5 cm³/mol. The van der Waals surface area contributed by atoms with Crippen molar-refractivity contribution in [3.05, 3.63) is 30.1 Å². The fourth-order valence-corrected chi connectivity index (χ4v) is 2.35. The number of aliphatic hydroxyl groups is 1. The minimum absolute atomic E-state index is 0.0356. The standard InChI is InChI=1S/C13H18FNO2/c1-15-13(9-16)7-6-10(8-13)17-12-5-3-2-4-11(12)14/h2-5,10,15-16H,6-9H2,1H3. The zero-order valence-electron chi connectivity index (χ0n) is 9.95. The number of likely N-dealkylation sites (N-methyl/N-ethyl adjacent to an activating group) is 1. The van der Waals surface area contributed by atoms with Crippen LogP contribution in [0.5, 0.6) is 5.75 Å². The maximum absolute atomic E-state index is 13.4. The number of aliphatic hydroxyl groups excluding tert-OH is 1. The number of rotatable bonds is 4. The molecule has 0 amide bonds. The highest BCUT2D eigenvalue weighted by Gasteiger charge is 2.38. The number of ether oxygens (including phenoxy) is 1. The molecule has 0 spiro atoms. The molecule has 3 nitrogen and oxygen atoms in total. The van der Waals surface area contributed by atoms with Gasteiger partial charge in [0.05, 0.1) is 6.61 Å². The second kappa shape index (κ2) is 5.02. The molecule has 2 rings (SSSR count). The van der Waals surface area contributed by atoms with E-state index in [0.29, 0.717) is 12.2 Å². The molecule has 0 heterocycles.